The van der Waals surface area contributed by atoms with Crippen LogP contribution in [0.1, 0.15) is 49.0 Å². The molecule has 1 fully saturated rings. The molecule has 1 aromatic heterocycles. The van der Waals surface area contributed by atoms with Crippen LogP contribution >= 0.6 is 0 Å². The van der Waals surface area contributed by atoms with E-state index < -0.39 is 0 Å². The van der Waals surface area contributed by atoms with Crippen LogP contribution in [0.5, 0.6) is 5.75 Å². The Morgan fingerprint density at radius 2 is 2.00 bits per heavy atom. The minimum Gasteiger partial charge on any atom is -0.505 e. The topological polar surface area (TPSA) is 74.2 Å². The minimum absolute atomic E-state index is 0.0817. The van der Waals surface area contributed by atoms with E-state index in [-0.39, 0.29) is 17.4 Å². The van der Waals surface area contributed by atoms with Crippen LogP contribution in [0.2, 0.25) is 0 Å². The number of carbonyl (C=O) groups is 1. The highest BCUT2D eigenvalue weighted by atomic mass is 16.3. The van der Waals surface area contributed by atoms with Crippen LogP contribution in [-0.2, 0) is 0 Å². The molecule has 5 nitrogen and oxygen atoms in total. The largest absolute Gasteiger partial charge is 0.505 e. The van der Waals surface area contributed by atoms with Gasteiger partial charge in [0.2, 0.25) is 0 Å². The van der Waals surface area contributed by atoms with Crippen molar-refractivity contribution in [1.82, 2.24) is 15.6 Å². The van der Waals surface area contributed by atoms with E-state index in [0.717, 1.165) is 6.54 Å². The van der Waals surface area contributed by atoms with E-state index in [1.54, 1.807) is 6.07 Å². The lowest BCUT2D eigenvalue weighted by atomic mass is 10.1. The molecule has 5 heteroatoms. The van der Waals surface area contributed by atoms with Crippen molar-refractivity contribution < 1.29 is 9.90 Å². The van der Waals surface area contributed by atoms with Gasteiger partial charge in [-0.05, 0) is 25.0 Å². The summed E-state index contributed by atoms with van der Waals surface area (Å²) in [6, 6.07) is 3.64. The molecule has 0 saturated heterocycles. The quantitative estimate of drug-likeness (QED) is 0.567. The standard InChI is InChI=1S/C15H23N3O2/c19-13-8-5-9-17-14(13)15(20)18-11-10-16-12-6-3-1-2-4-7-12/h5,8-9,12,16,19H,1-4,6-7,10-11H2,(H,18,20). The molecule has 0 bridgehead atoms. The maximum Gasteiger partial charge on any atom is 0.273 e. The van der Waals surface area contributed by atoms with Crippen LogP contribution in [0.3, 0.4) is 0 Å². The van der Waals surface area contributed by atoms with Gasteiger partial charge in [-0.3, -0.25) is 4.79 Å². The third kappa shape index (κ3) is 4.49. The number of carbonyl (C=O) groups excluding carboxylic acids is 1. The summed E-state index contributed by atoms with van der Waals surface area (Å²) in [5, 5.41) is 15.8. The first-order chi connectivity index (χ1) is 9.77. The summed E-state index contributed by atoms with van der Waals surface area (Å²) in [7, 11) is 0. The van der Waals surface area contributed by atoms with Crippen molar-refractivity contribution in [2.75, 3.05) is 13.1 Å². The third-order valence-electron chi connectivity index (χ3n) is 3.70. The highest BCUT2D eigenvalue weighted by Gasteiger charge is 2.13. The first-order valence-corrected chi connectivity index (χ1v) is 7.43. The van der Waals surface area contributed by atoms with Gasteiger partial charge in [0.1, 0.15) is 5.75 Å². The monoisotopic (exact) mass is 277 g/mol. The number of hydrogen-bond acceptors (Lipinski definition) is 4. The first-order valence-electron chi connectivity index (χ1n) is 7.43. The summed E-state index contributed by atoms with van der Waals surface area (Å²) in [5.41, 5.74) is 0.0852. The molecule has 0 atom stereocenters. The van der Waals surface area contributed by atoms with Crippen LogP contribution in [-0.4, -0.2) is 35.1 Å². The Morgan fingerprint density at radius 3 is 2.70 bits per heavy atom. The summed E-state index contributed by atoms with van der Waals surface area (Å²) in [4.78, 5) is 15.7. The molecular formula is C15H23N3O2. The Hall–Kier alpha value is -1.62. The summed E-state index contributed by atoms with van der Waals surface area (Å²) >= 11 is 0. The average molecular weight is 277 g/mol. The Kier molecular flexibility index (Phi) is 5.80. The Bertz CT molecular complexity index is 429. The van der Waals surface area contributed by atoms with Gasteiger partial charge in [0.15, 0.2) is 5.69 Å². The first kappa shape index (κ1) is 14.8. The van der Waals surface area contributed by atoms with Gasteiger partial charge in [-0.15, -0.1) is 0 Å². The van der Waals surface area contributed by atoms with E-state index in [1.165, 1.54) is 50.8 Å². The fraction of sp³-hybridized carbons (Fsp3) is 0.600. The van der Waals surface area contributed by atoms with Crippen molar-refractivity contribution >= 4 is 5.91 Å². The third-order valence-corrected chi connectivity index (χ3v) is 3.70. The fourth-order valence-corrected chi connectivity index (χ4v) is 2.59. The normalized spacial score (nSPS) is 16.6. The van der Waals surface area contributed by atoms with Gasteiger partial charge in [0.25, 0.3) is 5.91 Å². The van der Waals surface area contributed by atoms with Crippen LogP contribution in [0.15, 0.2) is 18.3 Å². The number of rotatable bonds is 5. The van der Waals surface area contributed by atoms with E-state index >= 15 is 0 Å². The number of aromatic hydroxyl groups is 1. The molecule has 1 saturated carbocycles. The van der Waals surface area contributed by atoms with E-state index in [2.05, 4.69) is 15.6 Å². The second kappa shape index (κ2) is 7.85. The molecule has 1 aromatic rings. The molecule has 1 aliphatic rings. The zero-order chi connectivity index (χ0) is 14.2. The van der Waals surface area contributed by atoms with E-state index in [1.807, 2.05) is 0 Å². The summed E-state index contributed by atoms with van der Waals surface area (Å²) < 4.78 is 0. The van der Waals surface area contributed by atoms with Gasteiger partial charge in [0.05, 0.1) is 0 Å². The summed E-state index contributed by atoms with van der Waals surface area (Å²) in [6.45, 7) is 1.30. The number of aromatic nitrogens is 1. The second-order valence-electron chi connectivity index (χ2n) is 5.27. The molecule has 110 valence electrons. The lowest BCUT2D eigenvalue weighted by Crippen LogP contribution is -2.37. The van der Waals surface area contributed by atoms with Gasteiger partial charge >= 0.3 is 0 Å². The molecule has 0 spiro atoms. The van der Waals surface area contributed by atoms with Gasteiger partial charge in [-0.1, -0.05) is 25.7 Å². The molecule has 0 unspecified atom stereocenters. The van der Waals surface area contributed by atoms with Crippen molar-refractivity contribution in [3.63, 3.8) is 0 Å². The molecule has 3 N–H and O–H groups in total. The molecule has 1 amide bonds. The number of nitrogens with one attached hydrogen (secondary N) is 2. The molecular weight excluding hydrogens is 254 g/mol. The number of nitrogens with zero attached hydrogens (tertiary/aromatic N) is 1. The van der Waals surface area contributed by atoms with Crippen LogP contribution < -0.4 is 10.6 Å². The molecule has 0 aliphatic heterocycles. The maximum atomic E-state index is 11.8. The van der Waals surface area contributed by atoms with Crippen LogP contribution in [0, 0.1) is 0 Å². The zero-order valence-electron chi connectivity index (χ0n) is 11.8. The smallest absolute Gasteiger partial charge is 0.273 e. The second-order valence-corrected chi connectivity index (χ2v) is 5.27. The summed E-state index contributed by atoms with van der Waals surface area (Å²) in [5.74, 6) is -0.410. The predicted octanol–water partition coefficient (Wildman–Crippen LogP) is 1.83. The Balaban J connectivity index is 1.68. The van der Waals surface area contributed by atoms with E-state index in [4.69, 9.17) is 0 Å². The van der Waals surface area contributed by atoms with Gasteiger partial charge in [0, 0.05) is 25.3 Å². The highest BCUT2D eigenvalue weighted by molar-refractivity contribution is 5.94. The lowest BCUT2D eigenvalue weighted by Gasteiger charge is -2.16. The van der Waals surface area contributed by atoms with Crippen molar-refractivity contribution in [3.05, 3.63) is 24.0 Å². The van der Waals surface area contributed by atoms with Crippen molar-refractivity contribution in [2.24, 2.45) is 0 Å². The predicted molar refractivity (Wildman–Crippen MR) is 77.7 cm³/mol. The number of pyridine rings is 1. The van der Waals surface area contributed by atoms with Crippen molar-refractivity contribution in [1.29, 1.82) is 0 Å². The molecule has 2 rings (SSSR count). The highest BCUT2D eigenvalue weighted by Crippen LogP contribution is 2.16. The lowest BCUT2D eigenvalue weighted by molar-refractivity contribution is 0.0945. The van der Waals surface area contributed by atoms with E-state index in [9.17, 15) is 9.90 Å². The van der Waals surface area contributed by atoms with E-state index in [0.29, 0.717) is 12.6 Å². The maximum absolute atomic E-state index is 11.8. The van der Waals surface area contributed by atoms with Crippen molar-refractivity contribution in [2.45, 2.75) is 44.6 Å². The Morgan fingerprint density at radius 1 is 1.25 bits per heavy atom. The van der Waals surface area contributed by atoms with Gasteiger partial charge < -0.3 is 15.7 Å². The van der Waals surface area contributed by atoms with Crippen LogP contribution in [0.25, 0.3) is 0 Å². The van der Waals surface area contributed by atoms with Crippen molar-refractivity contribution in [3.8, 4) is 5.75 Å². The molecule has 1 aliphatic carbocycles. The fourth-order valence-electron chi connectivity index (χ4n) is 2.59. The molecule has 0 aromatic carbocycles. The SMILES string of the molecule is O=C(NCCNC1CCCCCC1)c1ncccc1O. The van der Waals surface area contributed by atoms with Crippen LogP contribution in [0.4, 0.5) is 0 Å². The zero-order valence-corrected chi connectivity index (χ0v) is 11.8. The summed E-state index contributed by atoms with van der Waals surface area (Å²) in [6.07, 6.45) is 9.24. The van der Waals surface area contributed by atoms with Gasteiger partial charge in [-0.25, -0.2) is 4.98 Å². The number of hydrogen-bond donors (Lipinski definition) is 3. The Labute approximate surface area is 119 Å². The minimum atomic E-state index is -0.328. The molecule has 1 heterocycles. The van der Waals surface area contributed by atoms with Gasteiger partial charge in [-0.2, -0.15) is 0 Å². The molecule has 20 heavy (non-hydrogen) atoms. The average Bonchev–Trinajstić information content (AvgIpc) is 2.72. The number of amides is 1. The molecule has 0 radical (unpaired) electrons.